The molecule has 0 fully saturated rings. The Morgan fingerprint density at radius 3 is 2.55 bits per heavy atom. The van der Waals surface area contributed by atoms with Crippen molar-refractivity contribution in [3.8, 4) is 0 Å². The smallest absolute Gasteiger partial charge is 0.263 e. The Hall–Kier alpha value is -1.57. The van der Waals surface area contributed by atoms with Crippen molar-refractivity contribution in [3.05, 3.63) is 46.3 Å². The number of sulfonamides is 1. The Balaban J connectivity index is 2.40. The van der Waals surface area contributed by atoms with Crippen LogP contribution in [0.3, 0.4) is 0 Å². The molecule has 0 unspecified atom stereocenters. The number of nitrogens with zero attached hydrogens (tertiary/aromatic N) is 1. The fraction of sp³-hybridized carbons (Fsp3) is 0. The Kier molecular flexibility index (Phi) is 4.03. The highest BCUT2D eigenvalue weighted by Gasteiger charge is 2.18. The Morgan fingerprint density at radius 2 is 1.90 bits per heavy atom. The van der Waals surface area contributed by atoms with Crippen molar-refractivity contribution < 1.29 is 12.8 Å². The van der Waals surface area contributed by atoms with Crippen LogP contribution in [0.5, 0.6) is 0 Å². The second kappa shape index (κ2) is 5.43. The topological polar surface area (TPSA) is 85.1 Å². The molecule has 0 bridgehead atoms. The number of rotatable bonds is 3. The zero-order valence-corrected chi connectivity index (χ0v) is 12.1. The molecule has 0 radical (unpaired) electrons. The molecule has 0 atom stereocenters. The second-order valence-corrected chi connectivity index (χ2v) is 6.26. The van der Waals surface area contributed by atoms with Crippen molar-refractivity contribution in [1.29, 1.82) is 0 Å². The minimum atomic E-state index is -4.00. The van der Waals surface area contributed by atoms with E-state index in [0.717, 1.165) is 24.4 Å². The van der Waals surface area contributed by atoms with Gasteiger partial charge in [-0.2, -0.15) is 0 Å². The highest BCUT2D eigenvalue weighted by atomic mass is 35.5. The van der Waals surface area contributed by atoms with E-state index in [0.29, 0.717) is 0 Å². The van der Waals surface area contributed by atoms with Crippen molar-refractivity contribution in [1.82, 2.24) is 4.98 Å². The number of benzene rings is 1. The van der Waals surface area contributed by atoms with E-state index in [4.69, 9.17) is 28.9 Å². The Morgan fingerprint density at radius 1 is 1.20 bits per heavy atom. The predicted molar refractivity (Wildman–Crippen MR) is 75.9 cm³/mol. The fourth-order valence-corrected chi connectivity index (χ4v) is 2.85. The van der Waals surface area contributed by atoms with E-state index in [9.17, 15) is 12.8 Å². The summed E-state index contributed by atoms with van der Waals surface area (Å²) in [5.74, 6) is -0.616. The molecule has 0 saturated carbocycles. The molecule has 106 valence electrons. The Bertz CT molecular complexity index is 768. The number of halogens is 3. The van der Waals surface area contributed by atoms with Gasteiger partial charge in [-0.1, -0.05) is 23.2 Å². The van der Waals surface area contributed by atoms with Crippen molar-refractivity contribution in [2.24, 2.45) is 0 Å². The van der Waals surface area contributed by atoms with E-state index in [1.165, 1.54) is 6.07 Å². The van der Waals surface area contributed by atoms with Gasteiger partial charge in [-0.15, -0.1) is 0 Å². The molecule has 1 heterocycles. The molecule has 0 aliphatic rings. The van der Waals surface area contributed by atoms with Crippen LogP contribution in [-0.2, 0) is 10.0 Å². The number of hydrogen-bond donors (Lipinski definition) is 2. The van der Waals surface area contributed by atoms with Gasteiger partial charge in [0, 0.05) is 6.20 Å². The number of pyridine rings is 1. The summed E-state index contributed by atoms with van der Waals surface area (Å²) in [5, 5.41) is 0.0580. The molecular formula is C11H8Cl2FN3O2S. The molecule has 2 aromatic rings. The SMILES string of the molecule is Nc1ncc(S(=O)(=O)Nc2cc(F)ccc2Cl)cc1Cl. The molecule has 5 nitrogen and oxygen atoms in total. The minimum Gasteiger partial charge on any atom is -0.382 e. The summed E-state index contributed by atoms with van der Waals surface area (Å²) in [7, 11) is -4.00. The van der Waals surface area contributed by atoms with Gasteiger partial charge in [0.25, 0.3) is 10.0 Å². The third-order valence-corrected chi connectivity index (χ3v) is 4.29. The van der Waals surface area contributed by atoms with Gasteiger partial charge in [0.2, 0.25) is 0 Å². The van der Waals surface area contributed by atoms with E-state index in [1.54, 1.807) is 0 Å². The van der Waals surface area contributed by atoms with Crippen LogP contribution < -0.4 is 10.5 Å². The van der Waals surface area contributed by atoms with E-state index < -0.39 is 15.8 Å². The number of nitrogen functional groups attached to an aromatic ring is 1. The van der Waals surface area contributed by atoms with Crippen molar-refractivity contribution in [3.63, 3.8) is 0 Å². The van der Waals surface area contributed by atoms with Gasteiger partial charge in [-0.25, -0.2) is 17.8 Å². The monoisotopic (exact) mass is 335 g/mol. The standard InChI is InChI=1S/C11H8Cl2FN3O2S/c12-8-2-1-6(14)3-10(8)17-20(18,19)7-4-9(13)11(15)16-5-7/h1-5,17H,(H2,15,16). The summed E-state index contributed by atoms with van der Waals surface area (Å²) in [4.78, 5) is 3.44. The lowest BCUT2D eigenvalue weighted by Gasteiger charge is -2.10. The first-order chi connectivity index (χ1) is 9.29. The zero-order valence-electron chi connectivity index (χ0n) is 9.77. The summed E-state index contributed by atoms with van der Waals surface area (Å²) >= 11 is 11.5. The lowest BCUT2D eigenvalue weighted by Crippen LogP contribution is -2.14. The summed E-state index contributed by atoms with van der Waals surface area (Å²) < 4.78 is 39.4. The summed E-state index contributed by atoms with van der Waals surface area (Å²) in [6, 6.07) is 4.45. The molecule has 9 heteroatoms. The lowest BCUT2D eigenvalue weighted by molar-refractivity contribution is 0.600. The first-order valence-corrected chi connectivity index (χ1v) is 7.42. The first-order valence-electron chi connectivity index (χ1n) is 5.18. The van der Waals surface area contributed by atoms with E-state index in [-0.39, 0.29) is 26.4 Å². The zero-order chi connectivity index (χ0) is 14.9. The van der Waals surface area contributed by atoms with Gasteiger partial charge >= 0.3 is 0 Å². The average Bonchev–Trinajstić information content (AvgIpc) is 2.36. The number of anilines is 2. The van der Waals surface area contributed by atoms with E-state index in [1.807, 2.05) is 0 Å². The van der Waals surface area contributed by atoms with Gasteiger partial charge in [0.15, 0.2) is 0 Å². The maximum Gasteiger partial charge on any atom is 0.263 e. The normalized spacial score (nSPS) is 11.3. The van der Waals surface area contributed by atoms with Gasteiger partial charge in [-0.3, -0.25) is 4.72 Å². The van der Waals surface area contributed by atoms with Gasteiger partial charge in [0.05, 0.1) is 15.7 Å². The van der Waals surface area contributed by atoms with Crippen LogP contribution in [0.25, 0.3) is 0 Å². The van der Waals surface area contributed by atoms with Crippen molar-refractivity contribution in [2.45, 2.75) is 4.90 Å². The fourth-order valence-electron chi connectivity index (χ4n) is 1.36. The Labute approximate surface area is 124 Å². The molecule has 0 amide bonds. The molecule has 0 spiro atoms. The van der Waals surface area contributed by atoms with Crippen LogP contribution in [-0.4, -0.2) is 13.4 Å². The highest BCUT2D eigenvalue weighted by Crippen LogP contribution is 2.26. The largest absolute Gasteiger partial charge is 0.382 e. The molecule has 1 aromatic carbocycles. The summed E-state index contributed by atoms with van der Waals surface area (Å²) in [6.07, 6.45) is 1.04. The van der Waals surface area contributed by atoms with Crippen LogP contribution in [0.2, 0.25) is 10.0 Å². The first kappa shape index (κ1) is 14.8. The summed E-state index contributed by atoms with van der Waals surface area (Å²) in [6.45, 7) is 0. The van der Waals surface area contributed by atoms with Crippen LogP contribution in [0.1, 0.15) is 0 Å². The second-order valence-electron chi connectivity index (χ2n) is 3.77. The van der Waals surface area contributed by atoms with Crippen LogP contribution in [0.15, 0.2) is 35.4 Å². The van der Waals surface area contributed by atoms with Gasteiger partial charge in [-0.05, 0) is 24.3 Å². The van der Waals surface area contributed by atoms with Crippen LogP contribution in [0, 0.1) is 5.82 Å². The molecule has 0 aliphatic carbocycles. The quantitative estimate of drug-likeness (QED) is 0.902. The molecule has 20 heavy (non-hydrogen) atoms. The van der Waals surface area contributed by atoms with Gasteiger partial charge in [0.1, 0.15) is 16.5 Å². The van der Waals surface area contributed by atoms with Crippen LogP contribution >= 0.6 is 23.2 Å². The minimum absolute atomic E-state index is 0.00165. The molecule has 2 rings (SSSR count). The van der Waals surface area contributed by atoms with Crippen molar-refractivity contribution >= 4 is 44.7 Å². The number of hydrogen-bond acceptors (Lipinski definition) is 4. The van der Waals surface area contributed by atoms with Gasteiger partial charge < -0.3 is 5.73 Å². The average molecular weight is 336 g/mol. The third-order valence-electron chi connectivity index (χ3n) is 2.33. The lowest BCUT2D eigenvalue weighted by atomic mass is 10.3. The predicted octanol–water partition coefficient (Wildman–Crippen LogP) is 2.91. The maximum absolute atomic E-state index is 13.1. The number of nitrogens with two attached hydrogens (primary N) is 1. The van der Waals surface area contributed by atoms with E-state index >= 15 is 0 Å². The molecule has 3 N–H and O–H groups in total. The third kappa shape index (κ3) is 3.12. The number of nitrogens with one attached hydrogen (secondary N) is 1. The molecule has 0 saturated heterocycles. The highest BCUT2D eigenvalue weighted by molar-refractivity contribution is 7.92. The molecule has 0 aliphatic heterocycles. The number of aromatic nitrogens is 1. The van der Waals surface area contributed by atoms with E-state index in [2.05, 4.69) is 9.71 Å². The van der Waals surface area contributed by atoms with Crippen LogP contribution in [0.4, 0.5) is 15.9 Å². The summed E-state index contributed by atoms with van der Waals surface area (Å²) in [5.41, 5.74) is 5.32. The maximum atomic E-state index is 13.1. The molecule has 1 aromatic heterocycles. The molecular weight excluding hydrogens is 328 g/mol. The van der Waals surface area contributed by atoms with Crippen molar-refractivity contribution in [2.75, 3.05) is 10.5 Å².